The molecule has 0 unspecified atom stereocenters. The maximum absolute atomic E-state index is 13.1. The fourth-order valence-corrected chi connectivity index (χ4v) is 5.07. The van der Waals surface area contributed by atoms with Crippen LogP contribution in [0.2, 0.25) is 5.02 Å². The molecule has 1 amide bonds. The van der Waals surface area contributed by atoms with Gasteiger partial charge in [-0.2, -0.15) is 13.2 Å². The average Bonchev–Trinajstić information content (AvgIpc) is 3.25. The van der Waals surface area contributed by atoms with Crippen LogP contribution < -0.4 is 10.1 Å². The predicted octanol–water partition coefficient (Wildman–Crippen LogP) is 6.04. The second-order valence-corrected chi connectivity index (χ2v) is 9.82. The molecule has 10 heteroatoms. The lowest BCUT2D eigenvalue weighted by molar-refractivity contribution is -0.137. The molecule has 0 aromatic heterocycles. The standard InChI is InChI=1S/C25H25ClF3NO5/c1-12-16-11-35-23(33)20(16)21(32)15(22(12)34-3)8-13-10-24(13,2)7-6-19(31)30-14-4-5-18(26)17(9-14)25(27,28)29/h4-5,9,13,32H,6-8,10-11H2,1-3H3,(H,30,31)/t13-,24-/m1/s1. The first-order valence-corrected chi connectivity index (χ1v) is 11.5. The van der Waals surface area contributed by atoms with E-state index in [1.807, 2.05) is 13.8 Å². The summed E-state index contributed by atoms with van der Waals surface area (Å²) in [5, 5.41) is 12.9. The Kier molecular flexibility index (Phi) is 6.42. The van der Waals surface area contributed by atoms with Crippen LogP contribution in [0.3, 0.4) is 0 Å². The molecular formula is C25H25ClF3NO5. The van der Waals surface area contributed by atoms with E-state index in [-0.39, 0.29) is 41.4 Å². The van der Waals surface area contributed by atoms with Crippen LogP contribution in [0.5, 0.6) is 11.5 Å². The Hall–Kier alpha value is -2.94. The summed E-state index contributed by atoms with van der Waals surface area (Å²) in [4.78, 5) is 24.5. The van der Waals surface area contributed by atoms with Crippen molar-refractivity contribution < 1.29 is 37.3 Å². The van der Waals surface area contributed by atoms with Crippen LogP contribution >= 0.6 is 11.6 Å². The SMILES string of the molecule is COc1c(C)c2c(c(O)c1C[C@@H]1C[C@@]1(C)CCC(=O)Nc1ccc(Cl)c(C(F)(F)F)c1)C(=O)OC2. The van der Waals surface area contributed by atoms with E-state index in [2.05, 4.69) is 5.32 Å². The number of hydrogen-bond acceptors (Lipinski definition) is 5. The van der Waals surface area contributed by atoms with Crippen molar-refractivity contribution in [2.45, 2.75) is 52.3 Å². The smallest absolute Gasteiger partial charge is 0.417 e. The van der Waals surface area contributed by atoms with Crippen molar-refractivity contribution in [2.24, 2.45) is 11.3 Å². The molecule has 0 bridgehead atoms. The minimum Gasteiger partial charge on any atom is -0.507 e. The van der Waals surface area contributed by atoms with E-state index in [1.54, 1.807) is 0 Å². The summed E-state index contributed by atoms with van der Waals surface area (Å²) in [6.45, 7) is 3.94. The van der Waals surface area contributed by atoms with Crippen LogP contribution in [-0.2, 0) is 28.7 Å². The van der Waals surface area contributed by atoms with Crippen LogP contribution in [0.4, 0.5) is 18.9 Å². The third-order valence-corrected chi connectivity index (χ3v) is 7.44. The highest BCUT2D eigenvalue weighted by atomic mass is 35.5. The zero-order chi connectivity index (χ0) is 25.7. The van der Waals surface area contributed by atoms with Crippen LogP contribution in [0.1, 0.15) is 58.8 Å². The molecule has 2 aromatic carbocycles. The highest BCUT2D eigenvalue weighted by Gasteiger charge is 2.50. The van der Waals surface area contributed by atoms with Crippen molar-refractivity contribution in [3.8, 4) is 11.5 Å². The fourth-order valence-electron chi connectivity index (χ4n) is 4.85. The summed E-state index contributed by atoms with van der Waals surface area (Å²) in [5.41, 5.74) is 0.929. The normalized spacial score (nSPS) is 20.9. The molecule has 0 saturated heterocycles. The van der Waals surface area contributed by atoms with E-state index < -0.39 is 28.6 Å². The van der Waals surface area contributed by atoms with Crippen molar-refractivity contribution in [2.75, 3.05) is 12.4 Å². The second kappa shape index (κ2) is 8.93. The topological polar surface area (TPSA) is 84.9 Å². The number of anilines is 1. The maximum Gasteiger partial charge on any atom is 0.417 e. The fraction of sp³-hybridized carbons (Fsp3) is 0.440. The van der Waals surface area contributed by atoms with Gasteiger partial charge in [-0.25, -0.2) is 4.79 Å². The number of methoxy groups -OCH3 is 1. The molecule has 2 atom stereocenters. The molecule has 1 aliphatic heterocycles. The molecular weight excluding hydrogens is 487 g/mol. The molecule has 1 heterocycles. The van der Waals surface area contributed by atoms with Gasteiger partial charge in [0.25, 0.3) is 0 Å². The molecule has 0 spiro atoms. The first-order chi connectivity index (χ1) is 16.4. The molecule has 1 saturated carbocycles. The van der Waals surface area contributed by atoms with Crippen LogP contribution in [0.15, 0.2) is 18.2 Å². The molecule has 2 aliphatic rings. The highest BCUT2D eigenvalue weighted by molar-refractivity contribution is 6.31. The number of carbonyl (C=O) groups excluding carboxylic acids is 2. The van der Waals surface area contributed by atoms with Crippen molar-refractivity contribution in [3.05, 3.63) is 51.0 Å². The van der Waals surface area contributed by atoms with Gasteiger partial charge in [0.15, 0.2) is 0 Å². The molecule has 1 aliphatic carbocycles. The Balaban J connectivity index is 1.41. The molecule has 2 aromatic rings. The highest BCUT2D eigenvalue weighted by Crippen LogP contribution is 2.58. The zero-order valence-corrected chi connectivity index (χ0v) is 20.2. The second-order valence-electron chi connectivity index (χ2n) is 9.41. The summed E-state index contributed by atoms with van der Waals surface area (Å²) in [5.74, 6) is -0.424. The molecule has 0 radical (unpaired) electrons. The van der Waals surface area contributed by atoms with Crippen molar-refractivity contribution in [1.82, 2.24) is 0 Å². The number of esters is 1. The van der Waals surface area contributed by atoms with Gasteiger partial charge in [0.2, 0.25) is 5.91 Å². The number of phenolic OH excluding ortho intramolecular Hbond substituents is 1. The number of hydrogen-bond donors (Lipinski definition) is 2. The monoisotopic (exact) mass is 511 g/mol. The molecule has 1 fully saturated rings. The van der Waals surface area contributed by atoms with E-state index in [4.69, 9.17) is 21.1 Å². The van der Waals surface area contributed by atoms with Gasteiger partial charge in [-0.3, -0.25) is 4.79 Å². The van der Waals surface area contributed by atoms with E-state index in [9.17, 15) is 27.9 Å². The van der Waals surface area contributed by atoms with Gasteiger partial charge in [0.05, 0.1) is 17.7 Å². The predicted molar refractivity (Wildman–Crippen MR) is 123 cm³/mol. The summed E-state index contributed by atoms with van der Waals surface area (Å²) in [6.07, 6.45) is -2.73. The quantitative estimate of drug-likeness (QED) is 0.443. The first kappa shape index (κ1) is 25.2. The number of alkyl halides is 3. The number of phenols is 1. The molecule has 2 N–H and O–H groups in total. The number of benzene rings is 2. The molecule has 6 nitrogen and oxygen atoms in total. The average molecular weight is 512 g/mol. The Morgan fingerprint density at radius 1 is 1.37 bits per heavy atom. The van der Waals surface area contributed by atoms with Gasteiger partial charge in [-0.05, 0) is 61.3 Å². The number of rotatable bonds is 7. The molecule has 35 heavy (non-hydrogen) atoms. The number of amides is 1. The van der Waals surface area contributed by atoms with E-state index in [0.29, 0.717) is 29.7 Å². The largest absolute Gasteiger partial charge is 0.507 e. The summed E-state index contributed by atoms with van der Waals surface area (Å²) in [7, 11) is 1.51. The lowest BCUT2D eigenvalue weighted by Gasteiger charge is -2.18. The van der Waals surface area contributed by atoms with Gasteiger partial charge in [-0.15, -0.1) is 0 Å². The van der Waals surface area contributed by atoms with Gasteiger partial charge in [-0.1, -0.05) is 18.5 Å². The number of cyclic esters (lactones) is 1. The van der Waals surface area contributed by atoms with Crippen molar-refractivity contribution >= 4 is 29.2 Å². The Labute approximate surface area is 205 Å². The van der Waals surface area contributed by atoms with E-state index >= 15 is 0 Å². The number of nitrogens with one attached hydrogen (secondary N) is 1. The zero-order valence-electron chi connectivity index (χ0n) is 19.4. The van der Waals surface area contributed by atoms with Crippen LogP contribution in [0, 0.1) is 18.3 Å². The van der Waals surface area contributed by atoms with E-state index in [1.165, 1.54) is 13.2 Å². The Morgan fingerprint density at radius 2 is 2.09 bits per heavy atom. The molecule has 4 rings (SSSR count). The lowest BCUT2D eigenvalue weighted by Crippen LogP contribution is -2.15. The van der Waals surface area contributed by atoms with Crippen molar-refractivity contribution in [1.29, 1.82) is 0 Å². The minimum absolute atomic E-state index is 0.0272. The number of fused-ring (bicyclic) bond motifs is 1. The van der Waals surface area contributed by atoms with Gasteiger partial charge >= 0.3 is 12.1 Å². The van der Waals surface area contributed by atoms with Crippen LogP contribution in [0.25, 0.3) is 0 Å². The maximum atomic E-state index is 13.1. The lowest BCUT2D eigenvalue weighted by atomic mass is 9.91. The summed E-state index contributed by atoms with van der Waals surface area (Å²) < 4.78 is 49.8. The number of aromatic hydroxyl groups is 1. The number of carbonyl (C=O) groups is 2. The van der Waals surface area contributed by atoms with E-state index in [0.717, 1.165) is 24.1 Å². The summed E-state index contributed by atoms with van der Waals surface area (Å²) in [6, 6.07) is 3.25. The third kappa shape index (κ3) is 4.78. The van der Waals surface area contributed by atoms with Gasteiger partial charge in [0, 0.05) is 23.2 Å². The van der Waals surface area contributed by atoms with Gasteiger partial charge in [0.1, 0.15) is 23.7 Å². The third-order valence-electron chi connectivity index (χ3n) is 7.12. The Morgan fingerprint density at radius 3 is 2.74 bits per heavy atom. The summed E-state index contributed by atoms with van der Waals surface area (Å²) >= 11 is 5.63. The Bertz CT molecular complexity index is 1210. The van der Waals surface area contributed by atoms with Crippen molar-refractivity contribution in [3.63, 3.8) is 0 Å². The van der Waals surface area contributed by atoms with Gasteiger partial charge < -0.3 is 19.9 Å². The minimum atomic E-state index is -4.62. The molecule has 188 valence electrons. The first-order valence-electron chi connectivity index (χ1n) is 11.1. The number of halogens is 4. The number of ether oxygens (including phenoxy) is 2. The van der Waals surface area contributed by atoms with Crippen LogP contribution in [-0.4, -0.2) is 24.1 Å².